The lowest BCUT2D eigenvalue weighted by molar-refractivity contribution is 0.190. The van der Waals surface area contributed by atoms with E-state index in [-0.39, 0.29) is 6.04 Å². The van der Waals surface area contributed by atoms with Crippen molar-refractivity contribution in [3.05, 3.63) is 42.1 Å². The molecule has 0 aliphatic heterocycles. The quantitative estimate of drug-likeness (QED) is 0.803. The highest BCUT2D eigenvalue weighted by atomic mass is 16.5. The summed E-state index contributed by atoms with van der Waals surface area (Å²) in [6.45, 7) is 0.763. The van der Waals surface area contributed by atoms with E-state index in [1.54, 1.807) is 7.11 Å². The van der Waals surface area contributed by atoms with E-state index >= 15 is 0 Å². The Morgan fingerprint density at radius 3 is 3.06 bits per heavy atom. The van der Waals surface area contributed by atoms with Crippen LogP contribution in [0.2, 0.25) is 0 Å². The number of hydrogen-bond acceptors (Lipinski definition) is 3. The average molecular weight is 230 g/mol. The number of hydrogen-bond donors (Lipinski definition) is 1. The molecule has 0 bridgehead atoms. The van der Waals surface area contributed by atoms with Gasteiger partial charge in [-0.3, -0.25) is 4.98 Å². The minimum atomic E-state index is 0.0663. The highest BCUT2D eigenvalue weighted by Crippen LogP contribution is 2.20. The molecule has 17 heavy (non-hydrogen) atoms. The molecule has 0 aliphatic rings. The smallest absolute Gasteiger partial charge is 0.0705 e. The molecule has 0 fully saturated rings. The predicted octanol–water partition coefficient (Wildman–Crippen LogP) is 2.66. The summed E-state index contributed by atoms with van der Waals surface area (Å²) in [6, 6.07) is 10.3. The number of benzene rings is 1. The standard InChI is InChI=1S/C14H18N2O/c1-17-9-3-5-13(15)12-7-6-11-4-2-8-16-14(11)10-12/h2,4,6-8,10,13H,3,5,9,15H2,1H3. The summed E-state index contributed by atoms with van der Waals surface area (Å²) in [5.41, 5.74) is 8.30. The Labute approximate surface area is 102 Å². The third-order valence-corrected chi connectivity index (χ3v) is 2.92. The van der Waals surface area contributed by atoms with Gasteiger partial charge >= 0.3 is 0 Å². The van der Waals surface area contributed by atoms with Crippen LogP contribution in [-0.4, -0.2) is 18.7 Å². The van der Waals surface area contributed by atoms with Gasteiger partial charge in [0.2, 0.25) is 0 Å². The lowest BCUT2D eigenvalue weighted by atomic mass is 10.0. The van der Waals surface area contributed by atoms with Crippen molar-refractivity contribution in [3.63, 3.8) is 0 Å². The third kappa shape index (κ3) is 3.02. The van der Waals surface area contributed by atoms with Crippen LogP contribution in [0.3, 0.4) is 0 Å². The maximum absolute atomic E-state index is 6.14. The van der Waals surface area contributed by atoms with Gasteiger partial charge in [0.1, 0.15) is 0 Å². The van der Waals surface area contributed by atoms with Crippen LogP contribution in [0.4, 0.5) is 0 Å². The summed E-state index contributed by atoms with van der Waals surface area (Å²) in [5.74, 6) is 0. The summed E-state index contributed by atoms with van der Waals surface area (Å²) in [5, 5.41) is 1.15. The number of ether oxygens (including phenoxy) is 1. The molecule has 2 rings (SSSR count). The zero-order valence-electron chi connectivity index (χ0n) is 10.1. The fraction of sp³-hybridized carbons (Fsp3) is 0.357. The SMILES string of the molecule is COCCCC(N)c1ccc2cccnc2c1. The van der Waals surface area contributed by atoms with Gasteiger partial charge in [-0.05, 0) is 30.5 Å². The number of pyridine rings is 1. The lowest BCUT2D eigenvalue weighted by Gasteiger charge is -2.12. The molecule has 0 radical (unpaired) electrons. The van der Waals surface area contributed by atoms with Gasteiger partial charge in [0.25, 0.3) is 0 Å². The van der Waals surface area contributed by atoms with Crippen LogP contribution in [0.25, 0.3) is 10.9 Å². The molecular weight excluding hydrogens is 212 g/mol. The van der Waals surface area contributed by atoms with Gasteiger partial charge in [-0.15, -0.1) is 0 Å². The second-order valence-electron chi connectivity index (χ2n) is 4.20. The van der Waals surface area contributed by atoms with E-state index in [1.807, 2.05) is 12.3 Å². The predicted molar refractivity (Wildman–Crippen MR) is 69.8 cm³/mol. The monoisotopic (exact) mass is 230 g/mol. The van der Waals surface area contributed by atoms with E-state index in [9.17, 15) is 0 Å². The van der Waals surface area contributed by atoms with Gasteiger partial charge in [-0.1, -0.05) is 18.2 Å². The summed E-state index contributed by atoms with van der Waals surface area (Å²) in [6.07, 6.45) is 3.73. The number of methoxy groups -OCH3 is 1. The number of rotatable bonds is 5. The zero-order chi connectivity index (χ0) is 12.1. The van der Waals surface area contributed by atoms with Crippen LogP contribution >= 0.6 is 0 Å². The van der Waals surface area contributed by atoms with Crippen molar-refractivity contribution >= 4 is 10.9 Å². The van der Waals surface area contributed by atoms with E-state index in [0.29, 0.717) is 0 Å². The van der Waals surface area contributed by atoms with Crippen molar-refractivity contribution in [3.8, 4) is 0 Å². The maximum Gasteiger partial charge on any atom is 0.0705 e. The van der Waals surface area contributed by atoms with Crippen LogP contribution in [0, 0.1) is 0 Å². The molecule has 0 saturated heterocycles. The Hall–Kier alpha value is -1.45. The van der Waals surface area contributed by atoms with Gasteiger partial charge in [0.05, 0.1) is 5.52 Å². The fourth-order valence-electron chi connectivity index (χ4n) is 1.93. The maximum atomic E-state index is 6.14. The van der Waals surface area contributed by atoms with Crippen LogP contribution < -0.4 is 5.73 Å². The van der Waals surface area contributed by atoms with Gasteiger partial charge in [-0.25, -0.2) is 0 Å². The van der Waals surface area contributed by atoms with Crippen LogP contribution in [0.5, 0.6) is 0 Å². The summed E-state index contributed by atoms with van der Waals surface area (Å²) >= 11 is 0. The molecule has 1 atom stereocenters. The van der Waals surface area contributed by atoms with Crippen LogP contribution in [0.1, 0.15) is 24.4 Å². The Morgan fingerprint density at radius 2 is 2.24 bits per heavy atom. The summed E-state index contributed by atoms with van der Waals surface area (Å²) in [4.78, 5) is 4.34. The molecule has 0 aliphatic carbocycles. The largest absolute Gasteiger partial charge is 0.385 e. The normalized spacial score (nSPS) is 12.8. The third-order valence-electron chi connectivity index (χ3n) is 2.92. The highest BCUT2D eigenvalue weighted by molar-refractivity contribution is 5.78. The molecule has 1 aromatic heterocycles. The van der Waals surface area contributed by atoms with Crippen molar-refractivity contribution < 1.29 is 4.74 Å². The van der Waals surface area contributed by atoms with Crippen molar-refractivity contribution in [1.82, 2.24) is 4.98 Å². The second kappa shape index (κ2) is 5.75. The van der Waals surface area contributed by atoms with Crippen molar-refractivity contribution in [2.24, 2.45) is 5.73 Å². The Kier molecular flexibility index (Phi) is 4.07. The lowest BCUT2D eigenvalue weighted by Crippen LogP contribution is -2.11. The number of nitrogens with two attached hydrogens (primary N) is 1. The van der Waals surface area contributed by atoms with E-state index in [4.69, 9.17) is 10.5 Å². The van der Waals surface area contributed by atoms with Crippen molar-refractivity contribution in [2.45, 2.75) is 18.9 Å². The average Bonchev–Trinajstić information content (AvgIpc) is 2.38. The van der Waals surface area contributed by atoms with Crippen molar-refractivity contribution in [2.75, 3.05) is 13.7 Å². The fourth-order valence-corrected chi connectivity index (χ4v) is 1.93. The Morgan fingerprint density at radius 1 is 1.35 bits per heavy atom. The molecule has 3 nitrogen and oxygen atoms in total. The van der Waals surface area contributed by atoms with E-state index < -0.39 is 0 Å². The highest BCUT2D eigenvalue weighted by Gasteiger charge is 2.06. The molecule has 0 saturated carbocycles. The molecule has 1 aromatic carbocycles. The van der Waals surface area contributed by atoms with Gasteiger partial charge in [0.15, 0.2) is 0 Å². The molecule has 1 unspecified atom stereocenters. The molecular formula is C14H18N2O. The number of aromatic nitrogens is 1. The molecule has 90 valence electrons. The van der Waals surface area contributed by atoms with Crippen LogP contribution in [0.15, 0.2) is 36.5 Å². The number of fused-ring (bicyclic) bond motifs is 1. The minimum absolute atomic E-state index is 0.0663. The van der Waals surface area contributed by atoms with Gasteiger partial charge in [0, 0.05) is 31.3 Å². The molecule has 0 amide bonds. The van der Waals surface area contributed by atoms with Crippen LogP contribution in [-0.2, 0) is 4.74 Å². The first-order valence-electron chi connectivity index (χ1n) is 5.90. The van der Waals surface area contributed by atoms with Gasteiger partial charge < -0.3 is 10.5 Å². The van der Waals surface area contributed by atoms with E-state index in [1.165, 1.54) is 0 Å². The number of nitrogens with zero attached hydrogens (tertiary/aromatic N) is 1. The zero-order valence-corrected chi connectivity index (χ0v) is 10.1. The molecule has 0 spiro atoms. The molecule has 2 aromatic rings. The first-order chi connectivity index (χ1) is 8.31. The van der Waals surface area contributed by atoms with E-state index in [0.717, 1.165) is 35.9 Å². The summed E-state index contributed by atoms with van der Waals surface area (Å²) < 4.78 is 5.03. The Bertz CT molecular complexity index is 484. The molecule has 2 N–H and O–H groups in total. The first kappa shape index (κ1) is 12.0. The van der Waals surface area contributed by atoms with Gasteiger partial charge in [-0.2, -0.15) is 0 Å². The topological polar surface area (TPSA) is 48.1 Å². The van der Waals surface area contributed by atoms with Crippen molar-refractivity contribution in [1.29, 1.82) is 0 Å². The Balaban J connectivity index is 2.12. The van der Waals surface area contributed by atoms with E-state index in [2.05, 4.69) is 29.2 Å². The second-order valence-corrected chi connectivity index (χ2v) is 4.20. The summed E-state index contributed by atoms with van der Waals surface area (Å²) in [7, 11) is 1.71. The minimum Gasteiger partial charge on any atom is -0.385 e. The molecule has 3 heteroatoms. The first-order valence-corrected chi connectivity index (χ1v) is 5.90. The molecule has 1 heterocycles.